The van der Waals surface area contributed by atoms with Crippen molar-refractivity contribution in [3.05, 3.63) is 72.3 Å². The van der Waals surface area contributed by atoms with Gasteiger partial charge in [0.25, 0.3) is 5.91 Å². The number of amides is 1. The van der Waals surface area contributed by atoms with Gasteiger partial charge in [-0.2, -0.15) is 0 Å². The highest BCUT2D eigenvalue weighted by molar-refractivity contribution is 6.31. The summed E-state index contributed by atoms with van der Waals surface area (Å²) < 4.78 is 57.1. The van der Waals surface area contributed by atoms with E-state index >= 15 is 0 Å². The summed E-state index contributed by atoms with van der Waals surface area (Å²) in [5, 5.41) is 0. The first-order chi connectivity index (χ1) is 17.1. The molecule has 0 aliphatic carbocycles. The number of nitrogens with zero attached hydrogens (tertiary/aromatic N) is 3. The van der Waals surface area contributed by atoms with Crippen molar-refractivity contribution in [2.24, 2.45) is 0 Å². The van der Waals surface area contributed by atoms with Crippen LogP contribution >= 0.6 is 0 Å². The molecule has 1 aromatic heterocycles. The van der Waals surface area contributed by atoms with Gasteiger partial charge in [-0.3, -0.25) is 4.79 Å². The number of carbonyl (C=O) groups is 3. The molecule has 2 aliphatic heterocycles. The largest absolute Gasteiger partial charge is 0.573 e. The second-order valence-corrected chi connectivity index (χ2v) is 7.67. The van der Waals surface area contributed by atoms with E-state index in [9.17, 15) is 27.6 Å². The number of ether oxygens (including phenoxy) is 4. The predicted octanol–water partition coefficient (Wildman–Crippen LogP) is 2.83. The predicted molar refractivity (Wildman–Crippen MR) is 111 cm³/mol. The van der Waals surface area contributed by atoms with Crippen LogP contribution in [0.1, 0.15) is 16.2 Å². The molecule has 2 aromatic carbocycles. The van der Waals surface area contributed by atoms with E-state index < -0.39 is 42.5 Å². The molecular weight excluding hydrogens is 487 g/mol. The van der Waals surface area contributed by atoms with Gasteiger partial charge in [0.2, 0.25) is 0 Å². The van der Waals surface area contributed by atoms with Crippen LogP contribution in [0.15, 0.2) is 60.9 Å². The van der Waals surface area contributed by atoms with E-state index in [1.165, 1.54) is 47.6 Å². The minimum atomic E-state index is -4.83. The molecule has 1 spiro atoms. The Labute approximate surface area is 200 Å². The molecule has 0 N–H and O–H groups in total. The fraction of sp³-hybridized carbons (Fsp3) is 0.174. The molecule has 1 fully saturated rings. The molecule has 0 radical (unpaired) electrons. The van der Waals surface area contributed by atoms with Gasteiger partial charge in [0, 0.05) is 12.4 Å². The van der Waals surface area contributed by atoms with Crippen LogP contribution in [0.5, 0.6) is 11.5 Å². The molecule has 5 rings (SSSR count). The Balaban J connectivity index is 1.51. The number of hydrogen-bond donors (Lipinski definition) is 0. The van der Waals surface area contributed by atoms with E-state index in [4.69, 9.17) is 14.2 Å². The van der Waals surface area contributed by atoms with Crippen LogP contribution in [0.2, 0.25) is 0 Å². The fourth-order valence-corrected chi connectivity index (χ4v) is 3.69. The average molecular weight is 501 g/mol. The Hall–Kier alpha value is -4.68. The third-order valence-electron chi connectivity index (χ3n) is 5.18. The topological polar surface area (TPSA) is 117 Å². The molecule has 0 atom stereocenters. The number of esters is 2. The zero-order valence-electron chi connectivity index (χ0n) is 18.0. The van der Waals surface area contributed by atoms with E-state index in [-0.39, 0.29) is 23.7 Å². The van der Waals surface area contributed by atoms with Crippen molar-refractivity contribution in [3.8, 4) is 22.6 Å². The lowest BCUT2D eigenvalue weighted by Gasteiger charge is -2.27. The van der Waals surface area contributed by atoms with Crippen molar-refractivity contribution in [1.29, 1.82) is 0 Å². The molecule has 0 bridgehead atoms. The van der Waals surface area contributed by atoms with Crippen molar-refractivity contribution in [2.75, 3.05) is 6.54 Å². The average Bonchev–Trinajstić information content (AvgIpc) is 3.05. The van der Waals surface area contributed by atoms with Crippen molar-refractivity contribution >= 4 is 17.8 Å². The molecule has 1 saturated heterocycles. The summed E-state index contributed by atoms with van der Waals surface area (Å²) in [5.74, 6) is -5.52. The molecule has 184 valence electrons. The Morgan fingerprint density at radius 3 is 2.19 bits per heavy atom. The summed E-state index contributed by atoms with van der Waals surface area (Å²) >= 11 is 0. The van der Waals surface area contributed by atoms with Crippen LogP contribution in [0, 0.1) is 0 Å². The summed E-state index contributed by atoms with van der Waals surface area (Å²) in [6.07, 6.45) is -1.88. The maximum Gasteiger partial charge on any atom is 0.573 e. The third kappa shape index (κ3) is 4.62. The number of rotatable bonds is 4. The van der Waals surface area contributed by atoms with Crippen molar-refractivity contribution in [3.63, 3.8) is 0 Å². The Morgan fingerprint density at radius 1 is 0.917 bits per heavy atom. The van der Waals surface area contributed by atoms with Gasteiger partial charge in [-0.15, -0.1) is 13.2 Å². The summed E-state index contributed by atoms with van der Waals surface area (Å²) in [6.45, 7) is -0.595. The number of aromatic nitrogens is 2. The lowest BCUT2D eigenvalue weighted by Crippen LogP contribution is -2.48. The van der Waals surface area contributed by atoms with Crippen LogP contribution in [-0.4, -0.2) is 51.6 Å². The van der Waals surface area contributed by atoms with Crippen LogP contribution in [0.3, 0.4) is 0 Å². The SMILES string of the molecule is O=C1OC2(CN(Cc3ncccn3)C(=O)c3cc(-c4ccc(OC(F)(F)F)cc4)ccc3O2)OC1=O. The van der Waals surface area contributed by atoms with E-state index in [2.05, 4.69) is 14.7 Å². The van der Waals surface area contributed by atoms with Crippen molar-refractivity contribution in [1.82, 2.24) is 14.9 Å². The van der Waals surface area contributed by atoms with Gasteiger partial charge < -0.3 is 23.8 Å². The number of carbonyl (C=O) groups excluding carboxylic acids is 3. The summed E-state index contributed by atoms with van der Waals surface area (Å²) in [5.41, 5.74) is 0.974. The Bertz CT molecular complexity index is 1330. The second-order valence-electron chi connectivity index (χ2n) is 7.67. The monoisotopic (exact) mass is 501 g/mol. The molecule has 36 heavy (non-hydrogen) atoms. The minimum Gasteiger partial charge on any atom is -0.418 e. The number of fused-ring (bicyclic) bond motifs is 1. The summed E-state index contributed by atoms with van der Waals surface area (Å²) in [6, 6.07) is 11.0. The first-order valence-corrected chi connectivity index (χ1v) is 10.3. The molecular formula is C23H14F3N3O7. The summed E-state index contributed by atoms with van der Waals surface area (Å²) in [4.78, 5) is 46.4. The molecule has 3 aromatic rings. The fourth-order valence-electron chi connectivity index (χ4n) is 3.69. The quantitative estimate of drug-likeness (QED) is 0.393. The van der Waals surface area contributed by atoms with E-state index in [0.717, 1.165) is 12.1 Å². The maximum absolute atomic E-state index is 13.5. The standard InChI is InChI=1S/C23H14F3N3O7/c24-23(25,26)33-15-5-2-13(3-6-15)14-4-7-17-16(10-14)19(30)29(11-18-27-8-1-9-28-18)12-22(34-17)35-20(31)21(32)36-22/h1-10H,11-12H2. The smallest absolute Gasteiger partial charge is 0.418 e. The Morgan fingerprint density at radius 2 is 1.56 bits per heavy atom. The number of alkyl halides is 3. The maximum atomic E-state index is 13.5. The lowest BCUT2D eigenvalue weighted by atomic mass is 10.0. The third-order valence-corrected chi connectivity index (χ3v) is 5.18. The highest BCUT2D eigenvalue weighted by Gasteiger charge is 2.55. The van der Waals surface area contributed by atoms with Gasteiger partial charge in [-0.1, -0.05) is 18.2 Å². The van der Waals surface area contributed by atoms with Crippen LogP contribution < -0.4 is 9.47 Å². The number of benzene rings is 2. The van der Waals surface area contributed by atoms with Gasteiger partial charge >= 0.3 is 24.3 Å². The van der Waals surface area contributed by atoms with Gasteiger partial charge in [0.15, 0.2) is 0 Å². The lowest BCUT2D eigenvalue weighted by molar-refractivity contribution is -0.277. The first-order valence-electron chi connectivity index (χ1n) is 10.3. The van der Waals surface area contributed by atoms with E-state index in [0.29, 0.717) is 11.1 Å². The van der Waals surface area contributed by atoms with Crippen LogP contribution in [0.25, 0.3) is 11.1 Å². The second kappa shape index (κ2) is 8.52. The van der Waals surface area contributed by atoms with Gasteiger partial charge in [0.05, 0.1) is 12.1 Å². The molecule has 0 saturated carbocycles. The molecule has 0 unspecified atom stereocenters. The number of hydrogen-bond acceptors (Lipinski definition) is 9. The van der Waals surface area contributed by atoms with Crippen LogP contribution in [0.4, 0.5) is 13.2 Å². The zero-order chi connectivity index (χ0) is 25.5. The zero-order valence-corrected chi connectivity index (χ0v) is 18.0. The molecule has 10 nitrogen and oxygen atoms in total. The molecule has 2 aliphatic rings. The van der Waals surface area contributed by atoms with Crippen LogP contribution in [-0.2, 0) is 25.6 Å². The number of halogens is 3. The molecule has 13 heteroatoms. The highest BCUT2D eigenvalue weighted by Crippen LogP contribution is 2.37. The van der Waals surface area contributed by atoms with E-state index in [1.807, 2.05) is 0 Å². The summed E-state index contributed by atoms with van der Waals surface area (Å²) in [7, 11) is 0. The van der Waals surface area contributed by atoms with Gasteiger partial charge in [-0.25, -0.2) is 19.6 Å². The van der Waals surface area contributed by atoms with Crippen molar-refractivity contribution < 1.29 is 46.5 Å². The normalized spacial score (nSPS) is 16.6. The molecule has 1 amide bonds. The van der Waals surface area contributed by atoms with Gasteiger partial charge in [-0.05, 0) is 41.5 Å². The first kappa shape index (κ1) is 23.1. The minimum absolute atomic E-state index is 0.0231. The van der Waals surface area contributed by atoms with E-state index in [1.54, 1.807) is 6.07 Å². The van der Waals surface area contributed by atoms with Crippen molar-refractivity contribution in [2.45, 2.75) is 18.9 Å². The molecule has 3 heterocycles. The highest BCUT2D eigenvalue weighted by atomic mass is 19.4. The Kier molecular flexibility index (Phi) is 5.46. The van der Waals surface area contributed by atoms with Gasteiger partial charge in [0.1, 0.15) is 23.9 Å².